The Morgan fingerprint density at radius 3 is 2.00 bits per heavy atom. The van der Waals surface area contributed by atoms with Gasteiger partial charge in [-0.2, -0.15) is 8.42 Å². The van der Waals surface area contributed by atoms with Gasteiger partial charge in [0.05, 0.1) is 11.4 Å². The second-order valence-electron chi connectivity index (χ2n) is 4.82. The van der Waals surface area contributed by atoms with Crippen LogP contribution >= 0.6 is 0 Å². The molecule has 1 heterocycles. The lowest BCUT2D eigenvalue weighted by Crippen LogP contribution is -2.45. The second-order valence-corrected chi connectivity index (χ2v) is 7.07. The van der Waals surface area contributed by atoms with Gasteiger partial charge in [-0.25, -0.2) is 0 Å². The third kappa shape index (κ3) is 1.64. The summed E-state index contributed by atoms with van der Waals surface area (Å²) in [6, 6.07) is 0. The first-order valence-electron chi connectivity index (χ1n) is 4.05. The lowest BCUT2D eigenvalue weighted by atomic mass is 9.84. The molecule has 1 aliphatic rings. The molecule has 0 aromatic rings. The smallest absolute Gasteiger partial charge is 0.269 e. The Morgan fingerprint density at radius 1 is 1.17 bits per heavy atom. The van der Waals surface area contributed by atoms with Crippen LogP contribution in [0.3, 0.4) is 0 Å². The van der Waals surface area contributed by atoms with Gasteiger partial charge in [0.1, 0.15) is 0 Å². The fourth-order valence-electron chi connectivity index (χ4n) is 1.69. The van der Waals surface area contributed by atoms with Gasteiger partial charge in [-0.15, -0.1) is 0 Å². The van der Waals surface area contributed by atoms with Crippen molar-refractivity contribution in [2.24, 2.45) is 5.41 Å². The van der Waals surface area contributed by atoms with Crippen LogP contribution in [0.4, 0.5) is 0 Å². The van der Waals surface area contributed by atoms with Gasteiger partial charge in [0, 0.05) is 0 Å². The number of rotatable bonds is 0. The molecule has 0 atom stereocenters. The highest BCUT2D eigenvalue weighted by Crippen LogP contribution is 2.39. The molecule has 1 rings (SSSR count). The van der Waals surface area contributed by atoms with Gasteiger partial charge in [0.15, 0.2) is 0 Å². The van der Waals surface area contributed by atoms with E-state index in [1.807, 2.05) is 13.8 Å². The van der Waals surface area contributed by atoms with Gasteiger partial charge >= 0.3 is 0 Å². The molecular formula is C8H16O3S. The van der Waals surface area contributed by atoms with Crippen LogP contribution in [0.25, 0.3) is 0 Å². The van der Waals surface area contributed by atoms with E-state index in [4.69, 9.17) is 4.18 Å². The Bertz CT molecular complexity index is 275. The minimum Gasteiger partial charge on any atom is -0.269 e. The molecule has 0 bridgehead atoms. The standard InChI is InChI=1S/C8H16O3S/c1-7(2)5-8(3,4)12(9,10)11-6-7/h5-6H2,1-4H3. The Balaban J connectivity index is 2.98. The summed E-state index contributed by atoms with van der Waals surface area (Å²) in [6.45, 7) is 7.76. The number of hydrogen-bond acceptors (Lipinski definition) is 3. The van der Waals surface area contributed by atoms with Crippen LogP contribution in [-0.4, -0.2) is 19.8 Å². The first-order valence-corrected chi connectivity index (χ1v) is 5.46. The van der Waals surface area contributed by atoms with Gasteiger partial charge in [-0.05, 0) is 25.7 Å². The molecule has 0 amide bonds. The molecule has 0 aromatic carbocycles. The zero-order valence-corrected chi connectivity index (χ0v) is 8.86. The lowest BCUT2D eigenvalue weighted by Gasteiger charge is -2.39. The molecule has 0 saturated carbocycles. The highest BCUT2D eigenvalue weighted by molar-refractivity contribution is 7.88. The van der Waals surface area contributed by atoms with E-state index in [9.17, 15) is 8.42 Å². The summed E-state index contributed by atoms with van der Waals surface area (Å²) in [6.07, 6.45) is 0.655. The molecular weight excluding hydrogens is 176 g/mol. The van der Waals surface area contributed by atoms with Gasteiger partial charge < -0.3 is 0 Å². The zero-order valence-electron chi connectivity index (χ0n) is 8.05. The molecule has 0 spiro atoms. The fraction of sp³-hybridized carbons (Fsp3) is 1.00. The Labute approximate surface area is 74.2 Å². The third-order valence-corrected chi connectivity index (χ3v) is 4.11. The molecule has 0 radical (unpaired) electrons. The Morgan fingerprint density at radius 2 is 1.67 bits per heavy atom. The summed E-state index contributed by atoms with van der Waals surface area (Å²) in [4.78, 5) is 0. The van der Waals surface area contributed by atoms with Crippen LogP contribution in [-0.2, 0) is 14.3 Å². The molecule has 3 nitrogen and oxygen atoms in total. The van der Waals surface area contributed by atoms with Crippen molar-refractivity contribution in [2.75, 3.05) is 6.61 Å². The summed E-state index contributed by atoms with van der Waals surface area (Å²) in [7, 11) is -3.33. The first-order chi connectivity index (χ1) is 5.16. The van der Waals surface area contributed by atoms with Gasteiger partial charge in [-0.1, -0.05) is 13.8 Å². The summed E-state index contributed by atoms with van der Waals surface area (Å²) in [5.74, 6) is 0. The van der Waals surface area contributed by atoms with E-state index in [0.717, 1.165) is 0 Å². The van der Waals surface area contributed by atoms with E-state index in [1.165, 1.54) is 0 Å². The minimum atomic E-state index is -3.33. The van der Waals surface area contributed by atoms with Crippen LogP contribution in [0.2, 0.25) is 0 Å². The SMILES string of the molecule is CC1(C)COS(=O)(=O)C(C)(C)C1. The average Bonchev–Trinajstić information content (AvgIpc) is 1.79. The molecule has 1 aliphatic heterocycles. The highest BCUT2D eigenvalue weighted by Gasteiger charge is 2.45. The quantitative estimate of drug-likeness (QED) is 0.547. The van der Waals surface area contributed by atoms with Crippen LogP contribution in [0, 0.1) is 5.41 Å². The average molecular weight is 192 g/mol. The van der Waals surface area contributed by atoms with Crippen LogP contribution in [0.15, 0.2) is 0 Å². The van der Waals surface area contributed by atoms with E-state index in [1.54, 1.807) is 13.8 Å². The maximum absolute atomic E-state index is 11.4. The van der Waals surface area contributed by atoms with E-state index < -0.39 is 14.9 Å². The Kier molecular flexibility index (Phi) is 2.04. The largest absolute Gasteiger partial charge is 0.272 e. The van der Waals surface area contributed by atoms with Crippen LogP contribution in [0.1, 0.15) is 34.1 Å². The summed E-state index contributed by atoms with van der Waals surface area (Å²) >= 11 is 0. The molecule has 72 valence electrons. The molecule has 12 heavy (non-hydrogen) atoms. The van der Waals surface area contributed by atoms with Crippen molar-refractivity contribution >= 4 is 10.1 Å². The summed E-state index contributed by atoms with van der Waals surface area (Å²) in [5, 5.41) is 0. The van der Waals surface area contributed by atoms with Crippen molar-refractivity contribution < 1.29 is 12.6 Å². The maximum atomic E-state index is 11.4. The topological polar surface area (TPSA) is 43.4 Å². The number of hydrogen-bond donors (Lipinski definition) is 0. The highest BCUT2D eigenvalue weighted by atomic mass is 32.2. The van der Waals surface area contributed by atoms with Crippen LogP contribution in [0.5, 0.6) is 0 Å². The fourth-order valence-corrected chi connectivity index (χ4v) is 3.05. The second kappa shape index (κ2) is 2.45. The zero-order chi connectivity index (χ0) is 9.62. The molecule has 1 saturated heterocycles. The molecule has 0 N–H and O–H groups in total. The van der Waals surface area contributed by atoms with E-state index in [0.29, 0.717) is 13.0 Å². The van der Waals surface area contributed by atoms with Gasteiger partial charge in [0.2, 0.25) is 0 Å². The van der Waals surface area contributed by atoms with Crippen molar-refractivity contribution in [1.29, 1.82) is 0 Å². The predicted molar refractivity (Wildman–Crippen MR) is 47.3 cm³/mol. The normalized spacial score (nSPS) is 31.3. The summed E-state index contributed by atoms with van der Waals surface area (Å²) in [5.41, 5.74) is -0.0329. The van der Waals surface area contributed by atoms with Crippen molar-refractivity contribution in [1.82, 2.24) is 0 Å². The Hall–Kier alpha value is -0.0900. The molecule has 1 fully saturated rings. The first kappa shape index (κ1) is 9.99. The minimum absolute atomic E-state index is 0.0329. The molecule has 4 heteroatoms. The van der Waals surface area contributed by atoms with E-state index in [-0.39, 0.29) is 5.41 Å². The molecule has 0 aliphatic carbocycles. The van der Waals surface area contributed by atoms with Crippen molar-refractivity contribution in [3.05, 3.63) is 0 Å². The molecule has 0 unspecified atom stereocenters. The van der Waals surface area contributed by atoms with Gasteiger partial charge in [0.25, 0.3) is 10.1 Å². The van der Waals surface area contributed by atoms with Gasteiger partial charge in [-0.3, -0.25) is 4.18 Å². The molecule has 0 aromatic heterocycles. The van der Waals surface area contributed by atoms with E-state index in [2.05, 4.69) is 0 Å². The van der Waals surface area contributed by atoms with Crippen LogP contribution < -0.4 is 0 Å². The van der Waals surface area contributed by atoms with Crippen molar-refractivity contribution in [2.45, 2.75) is 38.9 Å². The van der Waals surface area contributed by atoms with E-state index >= 15 is 0 Å². The monoisotopic (exact) mass is 192 g/mol. The lowest BCUT2D eigenvalue weighted by molar-refractivity contribution is 0.125. The summed E-state index contributed by atoms with van der Waals surface area (Å²) < 4.78 is 26.9. The maximum Gasteiger partial charge on any atom is 0.272 e. The third-order valence-electron chi connectivity index (χ3n) is 2.19. The predicted octanol–water partition coefficient (Wildman–Crippen LogP) is 1.54. The van der Waals surface area contributed by atoms with Crippen molar-refractivity contribution in [3.8, 4) is 0 Å². The van der Waals surface area contributed by atoms with Crippen molar-refractivity contribution in [3.63, 3.8) is 0 Å².